The van der Waals surface area contributed by atoms with Crippen molar-refractivity contribution in [3.8, 4) is 5.75 Å². The van der Waals surface area contributed by atoms with Crippen LogP contribution in [0.5, 0.6) is 5.75 Å². The van der Waals surface area contributed by atoms with Crippen molar-refractivity contribution in [3.05, 3.63) is 62.6 Å². The summed E-state index contributed by atoms with van der Waals surface area (Å²) in [4.78, 5) is 0. The van der Waals surface area contributed by atoms with Gasteiger partial charge in [-0.3, -0.25) is 0 Å². The van der Waals surface area contributed by atoms with Gasteiger partial charge in [0.15, 0.2) is 0 Å². The minimum absolute atomic E-state index is 0.0440. The molecule has 0 bridgehead atoms. The van der Waals surface area contributed by atoms with E-state index in [0.29, 0.717) is 28.2 Å². The van der Waals surface area contributed by atoms with Gasteiger partial charge in [0, 0.05) is 38.8 Å². The van der Waals surface area contributed by atoms with Crippen LogP contribution in [0.2, 0.25) is 15.1 Å². The molecule has 3 nitrogen and oxygen atoms in total. The highest BCUT2D eigenvalue weighted by atomic mass is 35.5. The number of hydrogen-bond acceptors (Lipinski definition) is 3. The average molecular weight is 389 g/mol. The zero-order valence-corrected chi connectivity index (χ0v) is 15.6. The van der Waals surface area contributed by atoms with E-state index in [1.165, 1.54) is 0 Å². The van der Waals surface area contributed by atoms with Gasteiger partial charge in [0.1, 0.15) is 12.4 Å². The first-order valence-corrected chi connectivity index (χ1v) is 8.86. The molecule has 130 valence electrons. The largest absolute Gasteiger partial charge is 0.489 e. The van der Waals surface area contributed by atoms with Crippen molar-refractivity contribution >= 4 is 34.8 Å². The molecule has 2 N–H and O–H groups in total. The molecule has 0 aromatic heterocycles. The number of ether oxygens (including phenoxy) is 1. The van der Waals surface area contributed by atoms with Crippen LogP contribution in [0.15, 0.2) is 36.4 Å². The third kappa shape index (κ3) is 5.54. The Hall–Kier alpha value is -0.970. The SMILES string of the molecule is CC[C@@H](CO)NCc1cc(Cl)ccc1OCc1ccc(Cl)cc1Cl. The molecule has 2 rings (SSSR count). The minimum Gasteiger partial charge on any atom is -0.489 e. The van der Waals surface area contributed by atoms with Crippen molar-refractivity contribution in [2.45, 2.75) is 32.5 Å². The third-order valence-electron chi connectivity index (χ3n) is 3.72. The van der Waals surface area contributed by atoms with Gasteiger partial charge in [-0.15, -0.1) is 0 Å². The van der Waals surface area contributed by atoms with E-state index in [1.807, 2.05) is 25.1 Å². The van der Waals surface area contributed by atoms with Crippen molar-refractivity contribution in [2.75, 3.05) is 6.61 Å². The molecule has 0 aliphatic carbocycles. The van der Waals surface area contributed by atoms with E-state index in [0.717, 1.165) is 23.3 Å². The van der Waals surface area contributed by atoms with Crippen molar-refractivity contribution in [1.29, 1.82) is 0 Å². The van der Waals surface area contributed by atoms with E-state index in [-0.39, 0.29) is 12.6 Å². The van der Waals surface area contributed by atoms with Crippen LogP contribution in [-0.4, -0.2) is 17.8 Å². The van der Waals surface area contributed by atoms with E-state index >= 15 is 0 Å². The Bertz CT molecular complexity index is 675. The number of hydrogen-bond donors (Lipinski definition) is 2. The average Bonchev–Trinajstić information content (AvgIpc) is 2.56. The first kappa shape index (κ1) is 19.4. The summed E-state index contributed by atoms with van der Waals surface area (Å²) in [6, 6.07) is 10.8. The fourth-order valence-corrected chi connectivity index (χ4v) is 2.87. The highest BCUT2D eigenvalue weighted by Crippen LogP contribution is 2.26. The van der Waals surface area contributed by atoms with Gasteiger partial charge < -0.3 is 15.2 Å². The van der Waals surface area contributed by atoms with Crippen molar-refractivity contribution in [1.82, 2.24) is 5.32 Å². The summed E-state index contributed by atoms with van der Waals surface area (Å²) < 4.78 is 5.91. The normalized spacial score (nSPS) is 12.2. The van der Waals surface area contributed by atoms with Gasteiger partial charge in [-0.1, -0.05) is 47.8 Å². The Kier molecular flexibility index (Phi) is 7.66. The van der Waals surface area contributed by atoms with Crippen LogP contribution in [0.3, 0.4) is 0 Å². The van der Waals surface area contributed by atoms with Gasteiger partial charge in [-0.25, -0.2) is 0 Å². The van der Waals surface area contributed by atoms with Crippen LogP contribution in [0.4, 0.5) is 0 Å². The maximum atomic E-state index is 9.29. The zero-order valence-electron chi connectivity index (χ0n) is 13.4. The Labute approximate surface area is 157 Å². The topological polar surface area (TPSA) is 41.5 Å². The lowest BCUT2D eigenvalue weighted by molar-refractivity contribution is 0.237. The maximum Gasteiger partial charge on any atom is 0.124 e. The molecule has 0 unspecified atom stereocenters. The lowest BCUT2D eigenvalue weighted by atomic mass is 10.1. The quantitative estimate of drug-likeness (QED) is 0.662. The number of nitrogens with one attached hydrogen (secondary N) is 1. The number of aliphatic hydroxyl groups excluding tert-OH is 1. The fraction of sp³-hybridized carbons (Fsp3) is 0.333. The van der Waals surface area contributed by atoms with Gasteiger partial charge in [0.25, 0.3) is 0 Å². The number of benzene rings is 2. The molecule has 2 aromatic carbocycles. The summed E-state index contributed by atoms with van der Waals surface area (Å²) >= 11 is 18.2. The second-order valence-corrected chi connectivity index (χ2v) is 6.73. The third-order valence-corrected chi connectivity index (χ3v) is 4.54. The Morgan fingerprint density at radius 1 is 1.04 bits per heavy atom. The molecule has 0 amide bonds. The second kappa shape index (κ2) is 9.50. The summed E-state index contributed by atoms with van der Waals surface area (Å²) in [5.74, 6) is 0.728. The molecular formula is C18H20Cl3NO2. The standard InChI is InChI=1S/C18H20Cl3NO2/c1-2-16(10-23)22-9-13-7-14(19)5-6-18(13)24-11-12-3-4-15(20)8-17(12)21/h3-8,16,22-23H,2,9-11H2,1H3/t16-/m0/s1. The molecule has 0 spiro atoms. The van der Waals surface area contributed by atoms with Gasteiger partial charge in [-0.05, 0) is 36.8 Å². The summed E-state index contributed by atoms with van der Waals surface area (Å²) in [6.45, 7) is 3.00. The molecule has 1 atom stereocenters. The second-order valence-electron chi connectivity index (χ2n) is 5.45. The van der Waals surface area contributed by atoms with Crippen molar-refractivity contribution in [3.63, 3.8) is 0 Å². The Morgan fingerprint density at radius 3 is 2.42 bits per heavy atom. The lowest BCUT2D eigenvalue weighted by Gasteiger charge is -2.17. The lowest BCUT2D eigenvalue weighted by Crippen LogP contribution is -2.31. The van der Waals surface area contributed by atoms with Gasteiger partial charge >= 0.3 is 0 Å². The van der Waals surface area contributed by atoms with Crippen LogP contribution in [-0.2, 0) is 13.2 Å². The Morgan fingerprint density at radius 2 is 1.75 bits per heavy atom. The number of rotatable bonds is 8. The Balaban J connectivity index is 2.08. The highest BCUT2D eigenvalue weighted by molar-refractivity contribution is 6.35. The molecule has 0 heterocycles. The van der Waals surface area contributed by atoms with Crippen LogP contribution >= 0.6 is 34.8 Å². The molecule has 24 heavy (non-hydrogen) atoms. The van der Waals surface area contributed by atoms with Crippen LogP contribution in [0.25, 0.3) is 0 Å². The monoisotopic (exact) mass is 387 g/mol. The van der Waals surface area contributed by atoms with Crippen molar-refractivity contribution in [2.24, 2.45) is 0 Å². The summed E-state index contributed by atoms with van der Waals surface area (Å²) in [6.07, 6.45) is 0.841. The minimum atomic E-state index is 0.0440. The number of aliphatic hydroxyl groups is 1. The van der Waals surface area contributed by atoms with Crippen LogP contribution < -0.4 is 10.1 Å². The predicted octanol–water partition coefficient (Wildman–Crippen LogP) is 5.09. The molecule has 0 aliphatic rings. The highest BCUT2D eigenvalue weighted by Gasteiger charge is 2.10. The van der Waals surface area contributed by atoms with E-state index in [4.69, 9.17) is 39.5 Å². The van der Waals surface area contributed by atoms with Gasteiger partial charge in [0.05, 0.1) is 6.61 Å². The molecule has 0 fully saturated rings. The molecule has 0 saturated heterocycles. The smallest absolute Gasteiger partial charge is 0.124 e. The molecule has 2 aromatic rings. The molecule has 0 radical (unpaired) electrons. The predicted molar refractivity (Wildman–Crippen MR) is 100 cm³/mol. The van der Waals surface area contributed by atoms with Crippen molar-refractivity contribution < 1.29 is 9.84 Å². The van der Waals surface area contributed by atoms with Gasteiger partial charge in [-0.2, -0.15) is 0 Å². The summed E-state index contributed by atoms with van der Waals surface area (Å²) in [5, 5.41) is 14.4. The molecular weight excluding hydrogens is 369 g/mol. The molecule has 0 aliphatic heterocycles. The first-order valence-electron chi connectivity index (χ1n) is 7.72. The summed E-state index contributed by atoms with van der Waals surface area (Å²) in [5.41, 5.74) is 1.79. The van der Waals surface area contributed by atoms with Crippen LogP contribution in [0, 0.1) is 0 Å². The number of halogens is 3. The maximum absolute atomic E-state index is 9.29. The zero-order chi connectivity index (χ0) is 17.5. The molecule has 0 saturated carbocycles. The summed E-state index contributed by atoms with van der Waals surface area (Å²) in [7, 11) is 0. The van der Waals surface area contributed by atoms with E-state index < -0.39 is 0 Å². The van der Waals surface area contributed by atoms with E-state index in [1.54, 1.807) is 18.2 Å². The fourth-order valence-electron chi connectivity index (χ4n) is 2.21. The van der Waals surface area contributed by atoms with E-state index in [2.05, 4.69) is 5.32 Å². The van der Waals surface area contributed by atoms with E-state index in [9.17, 15) is 5.11 Å². The van der Waals surface area contributed by atoms with Crippen LogP contribution in [0.1, 0.15) is 24.5 Å². The molecule has 6 heteroatoms. The first-order chi connectivity index (χ1) is 11.5. The van der Waals surface area contributed by atoms with Gasteiger partial charge in [0.2, 0.25) is 0 Å².